The first kappa shape index (κ1) is 13.2. The van der Waals surface area contributed by atoms with Gasteiger partial charge in [-0.15, -0.1) is 0 Å². The fourth-order valence-electron chi connectivity index (χ4n) is 4.83. The predicted octanol–water partition coefficient (Wildman–Crippen LogP) is 4.59. The monoisotopic (exact) mass is 307 g/mol. The first-order valence-electron chi connectivity index (χ1n) is 8.53. The van der Waals surface area contributed by atoms with Gasteiger partial charge in [-0.2, -0.15) is 0 Å². The fourth-order valence-corrected chi connectivity index (χ4v) is 4.83. The molecule has 5 rings (SSSR count). The molecule has 4 heteroatoms. The number of hydrogen-bond acceptors (Lipinski definition) is 3. The van der Waals surface area contributed by atoms with E-state index in [1.54, 1.807) is 0 Å². The minimum Gasteiger partial charge on any atom is -0.425 e. The lowest BCUT2D eigenvalue weighted by atomic mass is 9.93. The van der Waals surface area contributed by atoms with Gasteiger partial charge in [-0.3, -0.25) is 4.40 Å². The number of aromatic nitrogens is 2. The van der Waals surface area contributed by atoms with Crippen molar-refractivity contribution in [3.8, 4) is 0 Å². The van der Waals surface area contributed by atoms with Gasteiger partial charge in [-0.1, -0.05) is 31.0 Å². The Hall–Kier alpha value is -2.23. The number of anilines is 1. The van der Waals surface area contributed by atoms with Gasteiger partial charge >= 0.3 is 5.84 Å². The summed E-state index contributed by atoms with van der Waals surface area (Å²) in [6, 6.07) is 9.01. The lowest BCUT2D eigenvalue weighted by Gasteiger charge is -2.39. The Morgan fingerprint density at radius 1 is 1.22 bits per heavy atom. The highest BCUT2D eigenvalue weighted by atomic mass is 16.4. The van der Waals surface area contributed by atoms with Crippen LogP contribution in [0.1, 0.15) is 55.7 Å². The Bertz CT molecular complexity index is 885. The summed E-state index contributed by atoms with van der Waals surface area (Å²) >= 11 is 0. The van der Waals surface area contributed by atoms with Crippen molar-refractivity contribution in [3.63, 3.8) is 0 Å². The van der Waals surface area contributed by atoms with Crippen molar-refractivity contribution in [2.24, 2.45) is 0 Å². The molecule has 1 aromatic carbocycles. The van der Waals surface area contributed by atoms with Crippen LogP contribution in [-0.2, 0) is 5.54 Å². The van der Waals surface area contributed by atoms with E-state index in [0.717, 1.165) is 24.4 Å². The van der Waals surface area contributed by atoms with Gasteiger partial charge in [0.1, 0.15) is 5.54 Å². The second-order valence-corrected chi connectivity index (χ2v) is 6.97. The average Bonchev–Trinajstić information content (AvgIpc) is 3.26. The molecule has 23 heavy (non-hydrogen) atoms. The van der Waals surface area contributed by atoms with Crippen LogP contribution in [0.25, 0.3) is 5.84 Å². The van der Waals surface area contributed by atoms with Crippen molar-refractivity contribution in [1.29, 1.82) is 0 Å². The van der Waals surface area contributed by atoms with Crippen molar-refractivity contribution in [2.75, 3.05) is 4.90 Å². The van der Waals surface area contributed by atoms with E-state index in [0.29, 0.717) is 6.04 Å². The molecule has 4 nitrogen and oxygen atoms in total. The van der Waals surface area contributed by atoms with Crippen LogP contribution in [0.5, 0.6) is 0 Å². The number of para-hydroxylation sites is 1. The van der Waals surface area contributed by atoms with Crippen LogP contribution in [0.4, 0.5) is 5.69 Å². The van der Waals surface area contributed by atoms with E-state index in [4.69, 9.17) is 4.42 Å². The summed E-state index contributed by atoms with van der Waals surface area (Å²) in [5, 5.41) is 0. The topological polar surface area (TPSA) is 33.7 Å². The Balaban J connectivity index is 1.78. The molecule has 0 bridgehead atoms. The molecule has 0 unspecified atom stereocenters. The number of fused-ring (bicyclic) bond motifs is 4. The highest BCUT2D eigenvalue weighted by Crippen LogP contribution is 2.57. The molecule has 2 aliphatic rings. The summed E-state index contributed by atoms with van der Waals surface area (Å²) in [6.45, 7) is 4.50. The number of aryl methyl sites for hydroxylation is 1. The van der Waals surface area contributed by atoms with Crippen molar-refractivity contribution in [1.82, 2.24) is 9.38 Å². The molecule has 0 N–H and O–H groups in total. The fraction of sp³-hybridized carbons (Fsp3) is 0.421. The van der Waals surface area contributed by atoms with Crippen LogP contribution < -0.4 is 4.90 Å². The molecule has 1 spiro atoms. The van der Waals surface area contributed by atoms with Gasteiger partial charge in [0.25, 0.3) is 0 Å². The average molecular weight is 307 g/mol. The summed E-state index contributed by atoms with van der Waals surface area (Å²) in [5.41, 5.74) is 3.95. The minimum absolute atomic E-state index is 0.00155. The van der Waals surface area contributed by atoms with Crippen LogP contribution in [0.3, 0.4) is 0 Å². The normalized spacial score (nSPS) is 22.3. The summed E-state index contributed by atoms with van der Waals surface area (Å²) in [5.74, 6) is 1.88. The molecule has 3 heterocycles. The smallest absolute Gasteiger partial charge is 0.306 e. The number of hydrogen-bond donors (Lipinski definition) is 0. The van der Waals surface area contributed by atoms with Gasteiger partial charge in [0.05, 0.1) is 11.7 Å². The third-order valence-electron chi connectivity index (χ3n) is 5.76. The van der Waals surface area contributed by atoms with Crippen LogP contribution in [0, 0.1) is 6.92 Å². The van der Waals surface area contributed by atoms with E-state index in [1.807, 2.05) is 12.4 Å². The zero-order valence-corrected chi connectivity index (χ0v) is 13.6. The number of benzene rings is 1. The third kappa shape index (κ3) is 1.54. The molecule has 1 aliphatic carbocycles. The van der Waals surface area contributed by atoms with Crippen molar-refractivity contribution in [2.45, 2.75) is 51.1 Å². The zero-order chi connectivity index (χ0) is 15.6. The van der Waals surface area contributed by atoms with Crippen LogP contribution in [0.15, 0.2) is 41.1 Å². The molecule has 1 fully saturated rings. The summed E-state index contributed by atoms with van der Waals surface area (Å²) in [4.78, 5) is 6.98. The molecule has 2 aromatic heterocycles. The Morgan fingerprint density at radius 3 is 2.78 bits per heavy atom. The molecule has 1 saturated carbocycles. The van der Waals surface area contributed by atoms with Crippen molar-refractivity contribution < 1.29 is 4.42 Å². The molecule has 0 radical (unpaired) electrons. The van der Waals surface area contributed by atoms with Gasteiger partial charge < -0.3 is 9.32 Å². The number of nitrogens with zero attached hydrogens (tertiary/aromatic N) is 3. The van der Waals surface area contributed by atoms with Gasteiger partial charge in [0.2, 0.25) is 0 Å². The quantitative estimate of drug-likeness (QED) is 0.659. The second-order valence-electron chi connectivity index (χ2n) is 6.97. The lowest BCUT2D eigenvalue weighted by molar-refractivity contribution is 0.344. The maximum absolute atomic E-state index is 6.26. The number of oxazole rings is 1. The van der Waals surface area contributed by atoms with E-state index < -0.39 is 0 Å². The molecular weight excluding hydrogens is 286 g/mol. The molecule has 1 atom stereocenters. The van der Waals surface area contributed by atoms with Crippen molar-refractivity contribution in [3.05, 3.63) is 53.7 Å². The van der Waals surface area contributed by atoms with Crippen LogP contribution in [0.2, 0.25) is 0 Å². The van der Waals surface area contributed by atoms with Crippen LogP contribution in [-0.4, -0.2) is 9.38 Å². The maximum Gasteiger partial charge on any atom is 0.306 e. The third-order valence-corrected chi connectivity index (χ3v) is 5.76. The number of imidazole rings is 1. The first-order valence-corrected chi connectivity index (χ1v) is 8.53. The molecule has 3 aromatic rings. The SMILES string of the molecule is Cc1ccccc1N1[C@@H](C)c2c(oc3nccn23)C12CCCC2. The minimum atomic E-state index is 0.00155. The maximum atomic E-state index is 6.26. The largest absolute Gasteiger partial charge is 0.425 e. The standard InChI is InChI=1S/C19H21N3O/c1-13-7-3-4-8-15(13)22-14(2)16-17(19(22)9-5-6-10-19)23-18-20-11-12-21(16)18/h3-4,7-8,11-12,14H,5-6,9-10H2,1-2H3/t14-/m0/s1. The summed E-state index contributed by atoms with van der Waals surface area (Å²) < 4.78 is 8.40. The van der Waals surface area contributed by atoms with Gasteiger partial charge in [0, 0.05) is 18.1 Å². The predicted molar refractivity (Wildman–Crippen MR) is 89.7 cm³/mol. The van der Waals surface area contributed by atoms with Gasteiger partial charge in [0.15, 0.2) is 5.76 Å². The highest BCUT2D eigenvalue weighted by Gasteiger charge is 2.54. The first-order chi connectivity index (χ1) is 11.2. The van der Waals surface area contributed by atoms with E-state index in [2.05, 4.69) is 52.4 Å². The Kier molecular flexibility index (Phi) is 2.53. The molecule has 0 amide bonds. The second kappa shape index (κ2) is 4.40. The summed E-state index contributed by atoms with van der Waals surface area (Å²) in [7, 11) is 0. The lowest BCUT2D eigenvalue weighted by Crippen LogP contribution is -2.40. The number of rotatable bonds is 1. The van der Waals surface area contributed by atoms with E-state index >= 15 is 0 Å². The molecule has 0 saturated heterocycles. The van der Waals surface area contributed by atoms with E-state index in [-0.39, 0.29) is 5.54 Å². The zero-order valence-electron chi connectivity index (χ0n) is 13.6. The van der Waals surface area contributed by atoms with Gasteiger partial charge in [-0.05, 0) is 38.3 Å². The highest BCUT2D eigenvalue weighted by molar-refractivity contribution is 5.62. The van der Waals surface area contributed by atoms with Crippen LogP contribution >= 0.6 is 0 Å². The Labute approximate surface area is 135 Å². The molecule has 1 aliphatic heterocycles. The van der Waals surface area contributed by atoms with E-state index in [1.165, 1.54) is 29.8 Å². The summed E-state index contributed by atoms with van der Waals surface area (Å²) in [6.07, 6.45) is 8.70. The molecule has 118 valence electrons. The Morgan fingerprint density at radius 2 is 2.00 bits per heavy atom. The van der Waals surface area contributed by atoms with Crippen molar-refractivity contribution >= 4 is 11.5 Å². The van der Waals surface area contributed by atoms with E-state index in [9.17, 15) is 0 Å². The van der Waals surface area contributed by atoms with Gasteiger partial charge in [-0.25, -0.2) is 4.98 Å². The molecular formula is C19H21N3O.